The van der Waals surface area contributed by atoms with Crippen LogP contribution in [-0.2, 0) is 6.42 Å². The summed E-state index contributed by atoms with van der Waals surface area (Å²) in [6, 6.07) is 7.43. The van der Waals surface area contributed by atoms with Gasteiger partial charge in [0.1, 0.15) is 17.3 Å². The van der Waals surface area contributed by atoms with Crippen LogP contribution in [0.3, 0.4) is 0 Å². The number of nitrogens with one attached hydrogen (secondary N) is 1. The van der Waals surface area contributed by atoms with Gasteiger partial charge in [0.05, 0.1) is 11.3 Å². The maximum absolute atomic E-state index is 13.3. The molecule has 1 heterocycles. The number of hydrogen-bond acceptors (Lipinski definition) is 5. The SMILES string of the molecule is Cc1cc(O)c(CC=NNc2ccccc2F)c(=O)o1. The molecule has 0 saturated heterocycles. The van der Waals surface area contributed by atoms with Gasteiger partial charge in [-0.05, 0) is 19.1 Å². The monoisotopic (exact) mass is 276 g/mol. The van der Waals surface area contributed by atoms with Crippen LogP contribution in [0.5, 0.6) is 5.75 Å². The maximum atomic E-state index is 13.3. The third-order valence-electron chi connectivity index (χ3n) is 2.59. The summed E-state index contributed by atoms with van der Waals surface area (Å²) in [5.41, 5.74) is 2.23. The van der Waals surface area contributed by atoms with Gasteiger partial charge < -0.3 is 9.52 Å². The van der Waals surface area contributed by atoms with E-state index in [4.69, 9.17) is 4.42 Å². The largest absolute Gasteiger partial charge is 0.507 e. The Morgan fingerprint density at radius 3 is 2.90 bits per heavy atom. The fraction of sp³-hybridized carbons (Fsp3) is 0.143. The van der Waals surface area contributed by atoms with Crippen molar-refractivity contribution in [3.8, 4) is 5.75 Å². The summed E-state index contributed by atoms with van der Waals surface area (Å²) in [5.74, 6) is -0.240. The Bertz CT molecular complexity index is 695. The van der Waals surface area contributed by atoms with Gasteiger partial charge in [-0.15, -0.1) is 0 Å². The summed E-state index contributed by atoms with van der Waals surface area (Å²) in [6.45, 7) is 1.57. The third-order valence-corrected chi connectivity index (χ3v) is 2.59. The minimum atomic E-state index is -0.611. The minimum Gasteiger partial charge on any atom is -0.507 e. The van der Waals surface area contributed by atoms with Gasteiger partial charge in [-0.1, -0.05) is 12.1 Å². The van der Waals surface area contributed by atoms with Gasteiger partial charge in [0.2, 0.25) is 0 Å². The molecule has 0 unspecified atom stereocenters. The summed E-state index contributed by atoms with van der Waals surface area (Å²) in [6.07, 6.45) is 1.43. The molecule has 0 amide bonds. The lowest BCUT2D eigenvalue weighted by Gasteiger charge is -2.02. The Balaban J connectivity index is 2.05. The van der Waals surface area contributed by atoms with Crippen LogP contribution in [0.2, 0.25) is 0 Å². The highest BCUT2D eigenvalue weighted by molar-refractivity contribution is 5.64. The first-order valence-electron chi connectivity index (χ1n) is 5.92. The molecule has 0 saturated carbocycles. The number of anilines is 1. The Morgan fingerprint density at radius 2 is 2.20 bits per heavy atom. The molecule has 0 aliphatic heterocycles. The number of halogens is 1. The van der Waals surface area contributed by atoms with E-state index < -0.39 is 11.4 Å². The molecule has 1 aromatic heterocycles. The molecule has 0 bridgehead atoms. The van der Waals surface area contributed by atoms with E-state index in [2.05, 4.69) is 10.5 Å². The molecule has 0 aliphatic carbocycles. The van der Waals surface area contributed by atoms with Crippen molar-refractivity contribution < 1.29 is 13.9 Å². The normalized spacial score (nSPS) is 10.9. The molecule has 104 valence electrons. The van der Waals surface area contributed by atoms with Crippen molar-refractivity contribution in [2.75, 3.05) is 5.43 Å². The van der Waals surface area contributed by atoms with Crippen molar-refractivity contribution in [2.24, 2.45) is 5.10 Å². The molecule has 0 aliphatic rings. The van der Waals surface area contributed by atoms with Gasteiger partial charge in [-0.2, -0.15) is 5.10 Å². The van der Waals surface area contributed by atoms with E-state index in [1.807, 2.05) is 0 Å². The molecule has 2 rings (SSSR count). The Morgan fingerprint density at radius 1 is 1.45 bits per heavy atom. The second-order valence-electron chi connectivity index (χ2n) is 4.12. The lowest BCUT2D eigenvalue weighted by atomic mass is 10.2. The van der Waals surface area contributed by atoms with Gasteiger partial charge in [-0.25, -0.2) is 9.18 Å². The number of aryl methyl sites for hydroxylation is 1. The van der Waals surface area contributed by atoms with Crippen LogP contribution in [-0.4, -0.2) is 11.3 Å². The molecule has 2 aromatic rings. The molecular weight excluding hydrogens is 263 g/mol. The second-order valence-corrected chi connectivity index (χ2v) is 4.12. The molecule has 0 spiro atoms. The highest BCUT2D eigenvalue weighted by Gasteiger charge is 2.08. The van der Waals surface area contributed by atoms with Crippen molar-refractivity contribution in [2.45, 2.75) is 13.3 Å². The van der Waals surface area contributed by atoms with Crippen LogP contribution < -0.4 is 11.1 Å². The number of nitrogens with zero attached hydrogens (tertiary/aromatic N) is 1. The molecule has 6 heteroatoms. The first kappa shape index (κ1) is 13.8. The summed E-state index contributed by atoms with van der Waals surface area (Å²) in [7, 11) is 0. The lowest BCUT2D eigenvalue weighted by molar-refractivity contribution is 0.426. The Kier molecular flexibility index (Phi) is 4.14. The van der Waals surface area contributed by atoms with Crippen molar-refractivity contribution >= 4 is 11.9 Å². The van der Waals surface area contributed by atoms with Crippen LogP contribution in [0, 0.1) is 12.7 Å². The first-order valence-corrected chi connectivity index (χ1v) is 5.92. The average Bonchev–Trinajstić information content (AvgIpc) is 2.38. The van der Waals surface area contributed by atoms with Crippen LogP contribution in [0.4, 0.5) is 10.1 Å². The molecule has 0 atom stereocenters. The fourth-order valence-electron chi connectivity index (χ4n) is 1.61. The number of hydrazone groups is 1. The summed E-state index contributed by atoms with van der Waals surface area (Å²) in [5, 5.41) is 13.4. The zero-order valence-corrected chi connectivity index (χ0v) is 10.8. The van der Waals surface area contributed by atoms with Crippen LogP contribution in [0.1, 0.15) is 11.3 Å². The van der Waals surface area contributed by atoms with Gasteiger partial charge in [0.25, 0.3) is 0 Å². The van der Waals surface area contributed by atoms with Gasteiger partial charge >= 0.3 is 5.63 Å². The van der Waals surface area contributed by atoms with E-state index in [1.54, 1.807) is 19.1 Å². The molecule has 5 nitrogen and oxygen atoms in total. The third kappa shape index (κ3) is 3.23. The Hall–Kier alpha value is -2.63. The molecule has 20 heavy (non-hydrogen) atoms. The zero-order chi connectivity index (χ0) is 14.5. The number of benzene rings is 1. The van der Waals surface area contributed by atoms with Gasteiger partial charge in [-0.3, -0.25) is 5.43 Å². The van der Waals surface area contributed by atoms with E-state index in [0.717, 1.165) is 0 Å². The van der Waals surface area contributed by atoms with Crippen LogP contribution in [0.15, 0.2) is 44.6 Å². The Labute approximate surface area is 114 Å². The summed E-state index contributed by atoms with van der Waals surface area (Å²) < 4.78 is 18.1. The molecular formula is C14H13FN2O3. The van der Waals surface area contributed by atoms with Crippen LogP contribution >= 0.6 is 0 Å². The van der Waals surface area contributed by atoms with Crippen LogP contribution in [0.25, 0.3) is 0 Å². The zero-order valence-electron chi connectivity index (χ0n) is 10.8. The topological polar surface area (TPSA) is 74.8 Å². The van der Waals surface area contributed by atoms with E-state index in [0.29, 0.717) is 5.76 Å². The predicted octanol–water partition coefficient (Wildman–Crippen LogP) is 2.43. The van der Waals surface area contributed by atoms with E-state index in [1.165, 1.54) is 24.4 Å². The highest BCUT2D eigenvalue weighted by atomic mass is 19.1. The quantitative estimate of drug-likeness (QED) is 0.664. The van der Waals surface area contributed by atoms with Crippen molar-refractivity contribution in [3.05, 3.63) is 57.9 Å². The fourth-order valence-corrected chi connectivity index (χ4v) is 1.61. The maximum Gasteiger partial charge on any atom is 0.343 e. The van der Waals surface area contributed by atoms with Crippen molar-refractivity contribution in [3.63, 3.8) is 0 Å². The van der Waals surface area contributed by atoms with E-state index >= 15 is 0 Å². The molecule has 0 radical (unpaired) electrons. The highest BCUT2D eigenvalue weighted by Crippen LogP contribution is 2.14. The van der Waals surface area contributed by atoms with Gasteiger partial charge in [0, 0.05) is 18.7 Å². The lowest BCUT2D eigenvalue weighted by Crippen LogP contribution is -2.09. The number of rotatable bonds is 4. The molecule has 2 N–H and O–H groups in total. The minimum absolute atomic E-state index is 0.0793. The second kappa shape index (κ2) is 6.01. The van der Waals surface area contributed by atoms with Gasteiger partial charge in [0.15, 0.2) is 0 Å². The van der Waals surface area contributed by atoms with E-state index in [-0.39, 0.29) is 23.4 Å². The smallest absolute Gasteiger partial charge is 0.343 e. The average molecular weight is 276 g/mol. The number of para-hydroxylation sites is 1. The predicted molar refractivity (Wildman–Crippen MR) is 73.6 cm³/mol. The summed E-state index contributed by atoms with van der Waals surface area (Å²) in [4.78, 5) is 11.5. The van der Waals surface area contributed by atoms with Crippen molar-refractivity contribution in [1.29, 1.82) is 0 Å². The van der Waals surface area contributed by atoms with E-state index in [9.17, 15) is 14.3 Å². The number of aromatic hydroxyl groups is 1. The number of hydrogen-bond donors (Lipinski definition) is 2. The standard InChI is InChI=1S/C14H13FN2O3/c1-9-8-13(18)10(14(19)20-9)6-7-16-17-12-5-3-2-4-11(12)15/h2-5,7-8,17-18H,6H2,1H3. The van der Waals surface area contributed by atoms with Crippen molar-refractivity contribution in [1.82, 2.24) is 0 Å². The molecule has 0 fully saturated rings. The molecule has 1 aromatic carbocycles. The summed E-state index contributed by atoms with van der Waals surface area (Å²) >= 11 is 0. The first-order chi connectivity index (χ1) is 9.58.